The van der Waals surface area contributed by atoms with Crippen molar-refractivity contribution in [3.05, 3.63) is 59.7 Å². The van der Waals surface area contributed by atoms with Gasteiger partial charge in [-0.05, 0) is 49.7 Å². The molecule has 3 rings (SSSR count). The average molecular weight is 337 g/mol. The van der Waals surface area contributed by atoms with Gasteiger partial charge in [-0.25, -0.2) is 0 Å². The normalized spacial score (nSPS) is 15.9. The molecular formula is C20H23N3O2. The third-order valence-electron chi connectivity index (χ3n) is 4.57. The number of nitrogens with zero attached hydrogens (tertiary/aromatic N) is 1. The Balaban J connectivity index is 1.68. The van der Waals surface area contributed by atoms with Crippen molar-refractivity contribution in [2.75, 3.05) is 23.3 Å². The smallest absolute Gasteiger partial charge is 0.252 e. The molecule has 0 aliphatic carbocycles. The topological polar surface area (TPSA) is 61.4 Å². The van der Waals surface area contributed by atoms with Gasteiger partial charge in [0, 0.05) is 36.4 Å². The molecule has 25 heavy (non-hydrogen) atoms. The Labute approximate surface area is 148 Å². The number of anilines is 2. The van der Waals surface area contributed by atoms with E-state index in [1.54, 1.807) is 6.07 Å². The van der Waals surface area contributed by atoms with Crippen LogP contribution in [0.4, 0.5) is 11.4 Å². The van der Waals surface area contributed by atoms with Gasteiger partial charge in [-0.2, -0.15) is 0 Å². The van der Waals surface area contributed by atoms with Crippen LogP contribution in [-0.4, -0.2) is 30.9 Å². The Morgan fingerprint density at radius 1 is 1.12 bits per heavy atom. The molecule has 0 radical (unpaired) electrons. The minimum absolute atomic E-state index is 0.195. The zero-order valence-electron chi connectivity index (χ0n) is 14.6. The zero-order chi connectivity index (χ0) is 17.8. The molecule has 2 N–H and O–H groups in total. The van der Waals surface area contributed by atoms with Gasteiger partial charge in [-0.3, -0.25) is 9.59 Å². The summed E-state index contributed by atoms with van der Waals surface area (Å²) in [6.07, 6.45) is 0.505. The van der Waals surface area contributed by atoms with Gasteiger partial charge in [0.05, 0.1) is 0 Å². The van der Waals surface area contributed by atoms with Crippen molar-refractivity contribution < 1.29 is 9.59 Å². The molecule has 1 unspecified atom stereocenters. The molecule has 5 heteroatoms. The van der Waals surface area contributed by atoms with E-state index in [1.807, 2.05) is 42.5 Å². The summed E-state index contributed by atoms with van der Waals surface area (Å²) in [7, 11) is 0. The Hall–Kier alpha value is -2.82. The minimum Gasteiger partial charge on any atom is -0.372 e. The third-order valence-corrected chi connectivity index (χ3v) is 4.57. The van der Waals surface area contributed by atoms with E-state index in [0.717, 1.165) is 30.0 Å². The SMILES string of the molecule is CCN(CC)c1ccc(NC(=O)C2Cc3ccccc3C(=O)N2)cc1. The highest BCUT2D eigenvalue weighted by molar-refractivity contribution is 6.03. The van der Waals surface area contributed by atoms with Gasteiger partial charge in [0.25, 0.3) is 5.91 Å². The quantitative estimate of drug-likeness (QED) is 0.882. The summed E-state index contributed by atoms with van der Waals surface area (Å²) < 4.78 is 0. The van der Waals surface area contributed by atoms with Gasteiger partial charge in [0.15, 0.2) is 0 Å². The first-order valence-corrected chi connectivity index (χ1v) is 8.67. The van der Waals surface area contributed by atoms with Crippen LogP contribution in [0.15, 0.2) is 48.5 Å². The van der Waals surface area contributed by atoms with Gasteiger partial charge in [0.2, 0.25) is 5.91 Å². The number of hydrogen-bond donors (Lipinski definition) is 2. The van der Waals surface area contributed by atoms with Crippen LogP contribution in [0.5, 0.6) is 0 Å². The molecule has 0 spiro atoms. The molecular weight excluding hydrogens is 314 g/mol. The second kappa shape index (κ2) is 7.38. The summed E-state index contributed by atoms with van der Waals surface area (Å²) in [6.45, 7) is 6.11. The summed E-state index contributed by atoms with van der Waals surface area (Å²) in [5, 5.41) is 5.67. The van der Waals surface area contributed by atoms with Crippen LogP contribution < -0.4 is 15.5 Å². The van der Waals surface area contributed by atoms with E-state index in [-0.39, 0.29) is 11.8 Å². The summed E-state index contributed by atoms with van der Waals surface area (Å²) in [5.41, 5.74) is 3.41. The fourth-order valence-electron chi connectivity index (χ4n) is 3.16. The number of hydrogen-bond acceptors (Lipinski definition) is 3. The maximum Gasteiger partial charge on any atom is 0.252 e. The molecule has 5 nitrogen and oxygen atoms in total. The Bertz CT molecular complexity index is 767. The molecule has 130 valence electrons. The monoisotopic (exact) mass is 337 g/mol. The fourth-order valence-corrected chi connectivity index (χ4v) is 3.16. The summed E-state index contributed by atoms with van der Waals surface area (Å²) in [4.78, 5) is 26.9. The summed E-state index contributed by atoms with van der Waals surface area (Å²) in [5.74, 6) is -0.391. The second-order valence-electron chi connectivity index (χ2n) is 6.10. The molecule has 0 aromatic heterocycles. The van der Waals surface area contributed by atoms with Crippen molar-refractivity contribution in [1.82, 2.24) is 5.32 Å². The molecule has 1 heterocycles. The van der Waals surface area contributed by atoms with Gasteiger partial charge in [-0.15, -0.1) is 0 Å². The van der Waals surface area contributed by atoms with Gasteiger partial charge in [-0.1, -0.05) is 18.2 Å². The standard InChI is InChI=1S/C20H23N3O2/c1-3-23(4-2)16-11-9-15(10-12-16)21-20(25)18-13-14-7-5-6-8-17(14)19(24)22-18/h5-12,18H,3-4,13H2,1-2H3,(H,21,25)(H,22,24). The van der Waals surface area contributed by atoms with Gasteiger partial charge in [0.1, 0.15) is 6.04 Å². The highest BCUT2D eigenvalue weighted by atomic mass is 16.2. The van der Waals surface area contributed by atoms with E-state index in [4.69, 9.17) is 0 Å². The van der Waals surface area contributed by atoms with Crippen LogP contribution in [0.3, 0.4) is 0 Å². The van der Waals surface area contributed by atoms with Crippen LogP contribution in [-0.2, 0) is 11.2 Å². The van der Waals surface area contributed by atoms with Crippen molar-refractivity contribution in [3.8, 4) is 0 Å². The van der Waals surface area contributed by atoms with E-state index in [0.29, 0.717) is 12.0 Å². The number of carbonyl (C=O) groups excluding carboxylic acids is 2. The van der Waals surface area contributed by atoms with Gasteiger partial charge >= 0.3 is 0 Å². The highest BCUT2D eigenvalue weighted by Gasteiger charge is 2.28. The predicted octanol–water partition coefficient (Wildman–Crippen LogP) is 2.83. The Morgan fingerprint density at radius 2 is 1.80 bits per heavy atom. The van der Waals surface area contributed by atoms with Crippen molar-refractivity contribution in [2.45, 2.75) is 26.3 Å². The van der Waals surface area contributed by atoms with E-state index < -0.39 is 6.04 Å². The lowest BCUT2D eigenvalue weighted by Gasteiger charge is -2.25. The zero-order valence-corrected chi connectivity index (χ0v) is 14.6. The van der Waals surface area contributed by atoms with Crippen LogP contribution in [0, 0.1) is 0 Å². The van der Waals surface area contributed by atoms with Gasteiger partial charge < -0.3 is 15.5 Å². The molecule has 1 aliphatic rings. The van der Waals surface area contributed by atoms with Crippen LogP contribution in [0.25, 0.3) is 0 Å². The van der Waals surface area contributed by atoms with Crippen LogP contribution >= 0.6 is 0 Å². The lowest BCUT2D eigenvalue weighted by atomic mass is 9.95. The molecule has 2 amide bonds. The van der Waals surface area contributed by atoms with Crippen molar-refractivity contribution in [1.29, 1.82) is 0 Å². The first kappa shape index (κ1) is 17.0. The highest BCUT2D eigenvalue weighted by Crippen LogP contribution is 2.20. The Morgan fingerprint density at radius 3 is 2.48 bits per heavy atom. The molecule has 0 fully saturated rings. The largest absolute Gasteiger partial charge is 0.372 e. The van der Waals surface area contributed by atoms with E-state index in [1.165, 1.54) is 0 Å². The third kappa shape index (κ3) is 3.65. The number of amides is 2. The Kier molecular flexibility index (Phi) is 5.03. The number of nitrogens with one attached hydrogen (secondary N) is 2. The summed E-state index contributed by atoms with van der Waals surface area (Å²) in [6, 6.07) is 14.6. The number of benzene rings is 2. The maximum atomic E-state index is 12.5. The molecule has 0 bridgehead atoms. The molecule has 2 aromatic carbocycles. The minimum atomic E-state index is -0.551. The number of carbonyl (C=O) groups is 2. The first-order valence-electron chi connectivity index (χ1n) is 8.67. The second-order valence-corrected chi connectivity index (χ2v) is 6.10. The van der Waals surface area contributed by atoms with Crippen molar-refractivity contribution in [2.24, 2.45) is 0 Å². The maximum absolute atomic E-state index is 12.5. The first-order chi connectivity index (χ1) is 12.1. The molecule has 1 atom stereocenters. The lowest BCUT2D eigenvalue weighted by Crippen LogP contribution is -2.48. The fraction of sp³-hybridized carbons (Fsp3) is 0.300. The lowest BCUT2D eigenvalue weighted by molar-refractivity contribution is -0.118. The average Bonchev–Trinajstić information content (AvgIpc) is 2.64. The predicted molar refractivity (Wildman–Crippen MR) is 100 cm³/mol. The van der Waals surface area contributed by atoms with E-state index in [2.05, 4.69) is 29.4 Å². The molecule has 1 aliphatic heterocycles. The van der Waals surface area contributed by atoms with E-state index >= 15 is 0 Å². The van der Waals surface area contributed by atoms with Crippen LogP contribution in [0.2, 0.25) is 0 Å². The number of fused-ring (bicyclic) bond motifs is 1. The molecule has 0 saturated carbocycles. The van der Waals surface area contributed by atoms with Crippen molar-refractivity contribution >= 4 is 23.2 Å². The molecule has 0 saturated heterocycles. The van der Waals surface area contributed by atoms with E-state index in [9.17, 15) is 9.59 Å². The number of rotatable bonds is 5. The van der Waals surface area contributed by atoms with Crippen LogP contribution in [0.1, 0.15) is 29.8 Å². The summed E-state index contributed by atoms with van der Waals surface area (Å²) >= 11 is 0. The van der Waals surface area contributed by atoms with Crippen molar-refractivity contribution in [3.63, 3.8) is 0 Å². The molecule has 2 aromatic rings.